The van der Waals surface area contributed by atoms with Crippen LogP contribution in [0.4, 0.5) is 0 Å². The van der Waals surface area contributed by atoms with Gasteiger partial charge in [-0.05, 0) is 56.0 Å². The molecule has 6 nitrogen and oxygen atoms in total. The largest absolute Gasteiger partial charge is 0.459 e. The van der Waals surface area contributed by atoms with Gasteiger partial charge in [-0.3, -0.25) is 9.59 Å². The molecule has 0 radical (unpaired) electrons. The molecule has 0 spiro atoms. The highest BCUT2D eigenvalue weighted by Crippen LogP contribution is 2.21. The topological polar surface area (TPSA) is 78.3 Å². The quantitative estimate of drug-likeness (QED) is 0.714. The number of H-pyrrole nitrogens is 1. The van der Waals surface area contributed by atoms with Gasteiger partial charge in [0.05, 0.1) is 6.26 Å². The average molecular weight is 379 g/mol. The summed E-state index contributed by atoms with van der Waals surface area (Å²) in [6, 6.07) is 9.74. The number of nitrogens with zero attached hydrogens (tertiary/aromatic N) is 1. The number of hydrogen-bond donors (Lipinski definition) is 2. The first kappa shape index (κ1) is 18.3. The van der Waals surface area contributed by atoms with Crippen LogP contribution in [0, 0.1) is 12.8 Å². The van der Waals surface area contributed by atoms with Crippen molar-refractivity contribution in [1.29, 1.82) is 0 Å². The van der Waals surface area contributed by atoms with Crippen LogP contribution in [0.3, 0.4) is 0 Å². The summed E-state index contributed by atoms with van der Waals surface area (Å²) in [7, 11) is 0. The van der Waals surface area contributed by atoms with E-state index in [1.165, 1.54) is 22.8 Å². The average Bonchev–Trinajstić information content (AvgIpc) is 3.38. The van der Waals surface area contributed by atoms with Crippen molar-refractivity contribution in [1.82, 2.24) is 15.2 Å². The number of aromatic nitrogens is 1. The van der Waals surface area contributed by atoms with Gasteiger partial charge in [-0.1, -0.05) is 11.6 Å². The summed E-state index contributed by atoms with van der Waals surface area (Å²) in [5.41, 5.74) is 3.58. The van der Waals surface area contributed by atoms with Crippen molar-refractivity contribution in [2.75, 3.05) is 19.6 Å². The van der Waals surface area contributed by atoms with E-state index in [4.69, 9.17) is 4.42 Å². The summed E-state index contributed by atoms with van der Waals surface area (Å²) in [6.45, 7) is 3.87. The third-order valence-electron chi connectivity index (χ3n) is 5.50. The lowest BCUT2D eigenvalue weighted by Crippen LogP contribution is -2.43. The van der Waals surface area contributed by atoms with Crippen LogP contribution in [-0.4, -0.2) is 41.3 Å². The van der Waals surface area contributed by atoms with E-state index in [2.05, 4.69) is 35.4 Å². The molecule has 6 heteroatoms. The minimum Gasteiger partial charge on any atom is -0.459 e. The summed E-state index contributed by atoms with van der Waals surface area (Å²) >= 11 is 0. The Morgan fingerprint density at radius 3 is 2.82 bits per heavy atom. The predicted octanol–water partition coefficient (Wildman–Crippen LogP) is 3.28. The lowest BCUT2D eigenvalue weighted by Gasteiger charge is -2.30. The molecule has 146 valence electrons. The molecule has 2 amide bonds. The molecule has 0 saturated carbocycles. The minimum atomic E-state index is -0.0986. The van der Waals surface area contributed by atoms with Crippen LogP contribution in [-0.2, 0) is 11.2 Å². The molecular formula is C22H25N3O3. The van der Waals surface area contributed by atoms with Gasteiger partial charge in [0.15, 0.2) is 5.76 Å². The lowest BCUT2D eigenvalue weighted by molar-refractivity contribution is -0.126. The summed E-state index contributed by atoms with van der Waals surface area (Å²) < 4.78 is 5.18. The second-order valence-electron chi connectivity index (χ2n) is 7.45. The van der Waals surface area contributed by atoms with Gasteiger partial charge in [0.1, 0.15) is 0 Å². The number of benzene rings is 1. The molecule has 0 unspecified atom stereocenters. The third kappa shape index (κ3) is 3.81. The fraction of sp³-hybridized carbons (Fsp3) is 0.364. The number of fused-ring (bicyclic) bond motifs is 1. The molecule has 1 saturated heterocycles. The van der Waals surface area contributed by atoms with Crippen molar-refractivity contribution in [3.05, 3.63) is 59.7 Å². The molecule has 4 rings (SSSR count). The highest BCUT2D eigenvalue weighted by Gasteiger charge is 2.28. The number of aryl methyl sites for hydroxylation is 1. The Labute approximate surface area is 163 Å². The summed E-state index contributed by atoms with van der Waals surface area (Å²) in [4.78, 5) is 29.9. The third-order valence-corrected chi connectivity index (χ3v) is 5.50. The Hall–Kier alpha value is -3.02. The Bertz CT molecular complexity index is 966. The van der Waals surface area contributed by atoms with Crippen molar-refractivity contribution in [3.8, 4) is 0 Å². The van der Waals surface area contributed by atoms with Gasteiger partial charge >= 0.3 is 0 Å². The Kier molecular flexibility index (Phi) is 5.19. The van der Waals surface area contributed by atoms with Gasteiger partial charge in [0, 0.05) is 42.7 Å². The lowest BCUT2D eigenvalue weighted by atomic mass is 9.95. The number of furan rings is 1. The first-order valence-electron chi connectivity index (χ1n) is 9.79. The molecule has 0 aliphatic carbocycles. The van der Waals surface area contributed by atoms with Crippen LogP contribution < -0.4 is 5.32 Å². The molecule has 1 aliphatic heterocycles. The molecule has 1 fully saturated rings. The second kappa shape index (κ2) is 7.92. The van der Waals surface area contributed by atoms with Crippen molar-refractivity contribution < 1.29 is 14.0 Å². The van der Waals surface area contributed by atoms with Crippen LogP contribution in [0.5, 0.6) is 0 Å². The number of carbonyl (C=O) groups is 2. The summed E-state index contributed by atoms with van der Waals surface area (Å²) in [5, 5.41) is 4.29. The number of aromatic amines is 1. The van der Waals surface area contributed by atoms with Crippen LogP contribution >= 0.6 is 0 Å². The Morgan fingerprint density at radius 1 is 1.25 bits per heavy atom. The van der Waals surface area contributed by atoms with Crippen molar-refractivity contribution in [2.24, 2.45) is 5.92 Å². The van der Waals surface area contributed by atoms with Gasteiger partial charge in [0.2, 0.25) is 5.91 Å². The zero-order valence-corrected chi connectivity index (χ0v) is 16.0. The smallest absolute Gasteiger partial charge is 0.289 e. The molecule has 2 aromatic heterocycles. The highest BCUT2D eigenvalue weighted by atomic mass is 16.3. The molecule has 28 heavy (non-hydrogen) atoms. The SMILES string of the molecule is Cc1ccc2[nH]cc(CCNC(=O)C3CCN(C(=O)c4ccco4)CC3)c2c1. The number of carbonyl (C=O) groups excluding carboxylic acids is 2. The van der Waals surface area contributed by atoms with E-state index in [0.29, 0.717) is 38.2 Å². The zero-order chi connectivity index (χ0) is 19.5. The van der Waals surface area contributed by atoms with Gasteiger partial charge in [0.25, 0.3) is 5.91 Å². The van der Waals surface area contributed by atoms with E-state index in [0.717, 1.165) is 11.9 Å². The van der Waals surface area contributed by atoms with Crippen LogP contribution in [0.15, 0.2) is 47.2 Å². The summed E-state index contributed by atoms with van der Waals surface area (Å²) in [6.07, 6.45) is 5.69. The maximum atomic E-state index is 12.5. The number of amides is 2. The van der Waals surface area contributed by atoms with Gasteiger partial charge in [-0.2, -0.15) is 0 Å². The standard InChI is InChI=1S/C22H25N3O3/c1-15-4-5-19-18(13-15)17(14-24-19)6-9-23-21(26)16-7-10-25(11-8-16)22(27)20-3-2-12-28-20/h2-5,12-14,16,24H,6-11H2,1H3,(H,23,26). The maximum absolute atomic E-state index is 12.5. The van der Waals surface area contributed by atoms with Crippen LogP contribution in [0.25, 0.3) is 10.9 Å². The monoisotopic (exact) mass is 379 g/mol. The predicted molar refractivity (Wildman–Crippen MR) is 107 cm³/mol. The first-order valence-corrected chi connectivity index (χ1v) is 9.79. The second-order valence-corrected chi connectivity index (χ2v) is 7.45. The number of rotatable bonds is 5. The van der Waals surface area contributed by atoms with Crippen molar-refractivity contribution in [2.45, 2.75) is 26.2 Å². The van der Waals surface area contributed by atoms with E-state index in [1.807, 2.05) is 6.20 Å². The van der Waals surface area contributed by atoms with E-state index < -0.39 is 0 Å². The molecule has 0 atom stereocenters. The fourth-order valence-electron chi connectivity index (χ4n) is 3.86. The highest BCUT2D eigenvalue weighted by molar-refractivity contribution is 5.91. The van der Waals surface area contributed by atoms with Crippen LogP contribution in [0.1, 0.15) is 34.5 Å². The molecule has 0 bridgehead atoms. The molecule has 3 aromatic rings. The molecule has 3 heterocycles. The van der Waals surface area contributed by atoms with E-state index in [-0.39, 0.29) is 17.7 Å². The van der Waals surface area contributed by atoms with E-state index in [1.54, 1.807) is 17.0 Å². The summed E-state index contributed by atoms with van der Waals surface area (Å²) in [5.74, 6) is 0.308. The van der Waals surface area contributed by atoms with E-state index >= 15 is 0 Å². The Morgan fingerprint density at radius 2 is 2.07 bits per heavy atom. The minimum absolute atomic E-state index is 0.0362. The van der Waals surface area contributed by atoms with Gasteiger partial charge in [-0.25, -0.2) is 0 Å². The number of likely N-dealkylation sites (tertiary alicyclic amines) is 1. The van der Waals surface area contributed by atoms with Gasteiger partial charge < -0.3 is 19.6 Å². The fourth-order valence-corrected chi connectivity index (χ4v) is 3.86. The molecule has 1 aromatic carbocycles. The number of nitrogens with one attached hydrogen (secondary N) is 2. The first-order chi connectivity index (χ1) is 13.6. The number of hydrogen-bond acceptors (Lipinski definition) is 3. The van der Waals surface area contributed by atoms with Crippen molar-refractivity contribution >= 4 is 22.7 Å². The number of piperidine rings is 1. The Balaban J connectivity index is 1.26. The normalized spacial score (nSPS) is 15.1. The maximum Gasteiger partial charge on any atom is 0.289 e. The van der Waals surface area contributed by atoms with Crippen LogP contribution in [0.2, 0.25) is 0 Å². The van der Waals surface area contributed by atoms with Gasteiger partial charge in [-0.15, -0.1) is 0 Å². The zero-order valence-electron chi connectivity index (χ0n) is 16.0. The molecule has 1 aliphatic rings. The van der Waals surface area contributed by atoms with Crippen molar-refractivity contribution in [3.63, 3.8) is 0 Å². The molecule has 2 N–H and O–H groups in total. The van der Waals surface area contributed by atoms with E-state index in [9.17, 15) is 9.59 Å². The molecular weight excluding hydrogens is 354 g/mol.